The molecule has 1 N–H and O–H groups in total. The fraction of sp³-hybridized carbons (Fsp3) is 0.235. The molecule has 1 aromatic heterocycles. The third-order valence-electron chi connectivity index (χ3n) is 3.56. The second-order valence-electron chi connectivity index (χ2n) is 5.12. The van der Waals surface area contributed by atoms with Crippen LogP contribution in [0, 0.1) is 0 Å². The van der Waals surface area contributed by atoms with Crippen LogP contribution < -0.4 is 15.2 Å². The second kappa shape index (κ2) is 7.79. The van der Waals surface area contributed by atoms with Crippen LogP contribution in [-0.4, -0.2) is 23.8 Å². The van der Waals surface area contributed by atoms with Gasteiger partial charge in [-0.25, -0.2) is 15.0 Å². The number of benzene rings is 1. The lowest BCUT2D eigenvalue weighted by Gasteiger charge is -2.28. The molecule has 6 nitrogen and oxygen atoms in total. The molecule has 0 saturated heterocycles. The number of hydrazine groups is 1. The number of methoxy groups -OCH3 is 1. The van der Waals surface area contributed by atoms with Crippen LogP contribution in [0.3, 0.4) is 0 Å². The van der Waals surface area contributed by atoms with Gasteiger partial charge in [0.2, 0.25) is 5.91 Å². The zero-order valence-electron chi connectivity index (χ0n) is 13.5. The lowest BCUT2D eigenvalue weighted by molar-refractivity contribution is -0.118. The Balaban J connectivity index is 0.00000208. The highest BCUT2D eigenvalue weighted by Gasteiger charge is 2.24. The molecule has 2 heterocycles. The first-order valence-corrected chi connectivity index (χ1v) is 7.46. The summed E-state index contributed by atoms with van der Waals surface area (Å²) in [6.07, 6.45) is 2.63. The Kier molecular flexibility index (Phi) is 5.76. The van der Waals surface area contributed by atoms with Gasteiger partial charge in [-0.2, -0.15) is 0 Å². The van der Waals surface area contributed by atoms with Crippen LogP contribution in [0.25, 0.3) is 0 Å². The van der Waals surface area contributed by atoms with Gasteiger partial charge in [-0.1, -0.05) is 19.1 Å². The fourth-order valence-corrected chi connectivity index (χ4v) is 2.35. The van der Waals surface area contributed by atoms with Crippen molar-refractivity contribution < 1.29 is 9.53 Å². The SMILES string of the molecule is CCC(=O)N1NC(Cc2ccc(OC)cc2)=Nc2cccnc21.Cl. The van der Waals surface area contributed by atoms with Gasteiger partial charge in [0.05, 0.1) is 7.11 Å². The number of carbonyl (C=O) groups is 1. The monoisotopic (exact) mass is 346 g/mol. The van der Waals surface area contributed by atoms with Gasteiger partial charge in [-0.05, 0) is 29.8 Å². The van der Waals surface area contributed by atoms with Crippen molar-refractivity contribution in [2.24, 2.45) is 4.99 Å². The predicted molar refractivity (Wildman–Crippen MR) is 96.2 cm³/mol. The van der Waals surface area contributed by atoms with E-state index in [1.54, 1.807) is 13.3 Å². The molecular formula is C17H19ClN4O2. The molecule has 0 fully saturated rings. The summed E-state index contributed by atoms with van der Waals surface area (Å²) in [6.45, 7) is 1.82. The molecule has 1 aliphatic heterocycles. The quantitative estimate of drug-likeness (QED) is 0.924. The number of nitrogens with zero attached hydrogens (tertiary/aromatic N) is 3. The van der Waals surface area contributed by atoms with Crippen molar-refractivity contribution in [3.63, 3.8) is 0 Å². The smallest absolute Gasteiger partial charge is 0.246 e. The van der Waals surface area contributed by atoms with Crippen LogP contribution in [0.5, 0.6) is 5.75 Å². The van der Waals surface area contributed by atoms with E-state index < -0.39 is 0 Å². The summed E-state index contributed by atoms with van der Waals surface area (Å²) in [5, 5.41) is 1.47. The predicted octanol–water partition coefficient (Wildman–Crippen LogP) is 3.05. The van der Waals surface area contributed by atoms with E-state index >= 15 is 0 Å². The lowest BCUT2D eigenvalue weighted by atomic mass is 10.1. The summed E-state index contributed by atoms with van der Waals surface area (Å²) < 4.78 is 5.16. The Morgan fingerprint density at radius 1 is 1.25 bits per heavy atom. The summed E-state index contributed by atoms with van der Waals surface area (Å²) in [5.41, 5.74) is 4.85. The zero-order chi connectivity index (χ0) is 16.2. The van der Waals surface area contributed by atoms with Crippen molar-refractivity contribution in [1.82, 2.24) is 10.4 Å². The number of amides is 1. The largest absolute Gasteiger partial charge is 0.497 e. The molecule has 1 amide bonds. The minimum atomic E-state index is -0.0490. The highest BCUT2D eigenvalue weighted by Crippen LogP contribution is 2.28. The van der Waals surface area contributed by atoms with Crippen molar-refractivity contribution in [2.75, 3.05) is 12.1 Å². The minimum absolute atomic E-state index is 0. The van der Waals surface area contributed by atoms with Crippen molar-refractivity contribution in [3.8, 4) is 5.75 Å². The van der Waals surface area contributed by atoms with Crippen LogP contribution in [-0.2, 0) is 11.2 Å². The van der Waals surface area contributed by atoms with Gasteiger partial charge in [0, 0.05) is 19.0 Å². The molecule has 0 unspecified atom stereocenters. The van der Waals surface area contributed by atoms with Crippen molar-refractivity contribution in [1.29, 1.82) is 0 Å². The molecule has 1 aromatic carbocycles. The Labute approximate surface area is 146 Å². The van der Waals surface area contributed by atoms with Crippen LogP contribution in [0.4, 0.5) is 11.5 Å². The average Bonchev–Trinajstić information content (AvgIpc) is 2.61. The first kappa shape index (κ1) is 17.7. The number of fused-ring (bicyclic) bond motifs is 1. The van der Waals surface area contributed by atoms with Gasteiger partial charge < -0.3 is 4.74 Å². The van der Waals surface area contributed by atoms with E-state index in [0.717, 1.165) is 11.3 Å². The molecule has 0 spiro atoms. The highest BCUT2D eigenvalue weighted by atomic mass is 35.5. The number of amidine groups is 1. The van der Waals surface area contributed by atoms with E-state index in [1.807, 2.05) is 43.3 Å². The maximum atomic E-state index is 12.2. The topological polar surface area (TPSA) is 66.8 Å². The third-order valence-corrected chi connectivity index (χ3v) is 3.56. The summed E-state index contributed by atoms with van der Waals surface area (Å²) in [7, 11) is 1.64. The first-order chi connectivity index (χ1) is 11.2. The normalized spacial score (nSPS) is 12.4. The maximum Gasteiger partial charge on any atom is 0.246 e. The van der Waals surface area contributed by atoms with Crippen LogP contribution in [0.2, 0.25) is 0 Å². The Hall–Kier alpha value is -2.60. The number of anilines is 1. The number of pyridine rings is 1. The number of aliphatic imine (C=N–C) groups is 1. The summed E-state index contributed by atoms with van der Waals surface area (Å²) in [4.78, 5) is 21.0. The van der Waals surface area contributed by atoms with Crippen LogP contribution in [0.15, 0.2) is 47.6 Å². The van der Waals surface area contributed by atoms with E-state index in [0.29, 0.717) is 30.2 Å². The van der Waals surface area contributed by atoms with E-state index in [-0.39, 0.29) is 18.3 Å². The molecule has 2 aromatic rings. The average molecular weight is 347 g/mol. The van der Waals surface area contributed by atoms with Gasteiger partial charge in [0.1, 0.15) is 17.3 Å². The molecule has 0 atom stereocenters. The van der Waals surface area contributed by atoms with Gasteiger partial charge in [-0.15, -0.1) is 12.4 Å². The highest BCUT2D eigenvalue weighted by molar-refractivity contribution is 6.02. The number of ether oxygens (including phenoxy) is 1. The number of halogens is 1. The molecule has 7 heteroatoms. The molecule has 0 saturated carbocycles. The van der Waals surface area contributed by atoms with Crippen molar-refractivity contribution in [2.45, 2.75) is 19.8 Å². The molecule has 24 heavy (non-hydrogen) atoms. The standard InChI is InChI=1S/C17H18N4O2.ClH/c1-3-16(22)21-17-14(5-4-10-18-17)19-15(20-21)11-12-6-8-13(23-2)9-7-12;/h4-10H,3,11H2,1-2H3,(H,19,20);1H. The summed E-state index contributed by atoms with van der Waals surface area (Å²) in [6, 6.07) is 11.4. The lowest BCUT2D eigenvalue weighted by Crippen LogP contribution is -2.49. The first-order valence-electron chi connectivity index (χ1n) is 7.46. The molecule has 0 aliphatic carbocycles. The maximum absolute atomic E-state index is 12.2. The molecule has 1 aliphatic rings. The molecule has 0 bridgehead atoms. The second-order valence-corrected chi connectivity index (χ2v) is 5.12. The molecule has 126 valence electrons. The fourth-order valence-electron chi connectivity index (χ4n) is 2.35. The van der Waals surface area contributed by atoms with E-state index in [2.05, 4.69) is 15.4 Å². The van der Waals surface area contributed by atoms with E-state index in [4.69, 9.17) is 4.74 Å². The van der Waals surface area contributed by atoms with Crippen LogP contribution >= 0.6 is 12.4 Å². The zero-order valence-corrected chi connectivity index (χ0v) is 14.3. The molecule has 0 radical (unpaired) electrons. The van der Waals surface area contributed by atoms with Gasteiger partial charge in [0.15, 0.2) is 5.82 Å². The van der Waals surface area contributed by atoms with E-state index in [1.165, 1.54) is 5.01 Å². The van der Waals surface area contributed by atoms with Gasteiger partial charge >= 0.3 is 0 Å². The van der Waals surface area contributed by atoms with Gasteiger partial charge in [-0.3, -0.25) is 10.2 Å². The number of hydrogen-bond donors (Lipinski definition) is 1. The number of aromatic nitrogens is 1. The third kappa shape index (κ3) is 3.65. The van der Waals surface area contributed by atoms with Crippen LogP contribution in [0.1, 0.15) is 18.9 Å². The Bertz CT molecular complexity index is 747. The number of carbonyl (C=O) groups excluding carboxylic acids is 1. The number of rotatable bonds is 4. The van der Waals surface area contributed by atoms with Crippen molar-refractivity contribution in [3.05, 3.63) is 48.2 Å². The minimum Gasteiger partial charge on any atom is -0.497 e. The summed E-state index contributed by atoms with van der Waals surface area (Å²) >= 11 is 0. The Morgan fingerprint density at radius 3 is 2.67 bits per heavy atom. The van der Waals surface area contributed by atoms with Gasteiger partial charge in [0.25, 0.3) is 0 Å². The Morgan fingerprint density at radius 2 is 2.00 bits per heavy atom. The number of hydrogen-bond acceptors (Lipinski definition) is 5. The number of nitrogens with one attached hydrogen (secondary N) is 1. The van der Waals surface area contributed by atoms with Crippen molar-refractivity contribution >= 4 is 35.7 Å². The molecule has 3 rings (SSSR count). The summed E-state index contributed by atoms with van der Waals surface area (Å²) in [5.74, 6) is 2.01. The molecular weight excluding hydrogens is 328 g/mol. The van der Waals surface area contributed by atoms with E-state index in [9.17, 15) is 4.79 Å².